The fourth-order valence-corrected chi connectivity index (χ4v) is 1.96. The van der Waals surface area contributed by atoms with E-state index in [1.165, 1.54) is 0 Å². The number of rotatable bonds is 4. The maximum absolute atomic E-state index is 12.3. The standard InChI is InChI=1S/C14H15NO2S/c1-2-15(10-12-6-4-8-17-12)14(16)11-5-3-7-13(18)9-11/h3-9,18H,2,10H2,1H3. The summed E-state index contributed by atoms with van der Waals surface area (Å²) in [6.07, 6.45) is 1.61. The van der Waals surface area contributed by atoms with Crippen LogP contribution in [0.5, 0.6) is 0 Å². The average molecular weight is 261 g/mol. The van der Waals surface area contributed by atoms with Gasteiger partial charge in [-0.1, -0.05) is 6.07 Å². The summed E-state index contributed by atoms with van der Waals surface area (Å²) in [7, 11) is 0. The smallest absolute Gasteiger partial charge is 0.254 e. The first-order chi connectivity index (χ1) is 8.70. The Labute approximate surface area is 112 Å². The first-order valence-electron chi connectivity index (χ1n) is 5.81. The monoisotopic (exact) mass is 261 g/mol. The molecule has 0 aliphatic carbocycles. The maximum atomic E-state index is 12.3. The molecule has 0 aliphatic rings. The zero-order chi connectivity index (χ0) is 13.0. The summed E-state index contributed by atoms with van der Waals surface area (Å²) in [5.41, 5.74) is 0.649. The van der Waals surface area contributed by atoms with Crippen LogP contribution >= 0.6 is 12.6 Å². The summed E-state index contributed by atoms with van der Waals surface area (Å²) in [5, 5.41) is 0. The highest BCUT2D eigenvalue weighted by Gasteiger charge is 2.15. The first-order valence-corrected chi connectivity index (χ1v) is 6.26. The molecule has 0 saturated carbocycles. The molecule has 2 aromatic rings. The van der Waals surface area contributed by atoms with Crippen molar-refractivity contribution in [3.8, 4) is 0 Å². The van der Waals surface area contributed by atoms with Gasteiger partial charge in [-0.3, -0.25) is 4.79 Å². The third kappa shape index (κ3) is 2.96. The fourth-order valence-electron chi connectivity index (χ4n) is 1.74. The lowest BCUT2D eigenvalue weighted by Gasteiger charge is -2.19. The third-order valence-corrected chi connectivity index (χ3v) is 2.97. The molecule has 0 unspecified atom stereocenters. The third-order valence-electron chi connectivity index (χ3n) is 2.69. The average Bonchev–Trinajstić information content (AvgIpc) is 2.88. The van der Waals surface area contributed by atoms with Crippen LogP contribution in [0.2, 0.25) is 0 Å². The molecule has 0 atom stereocenters. The molecule has 0 fully saturated rings. The van der Waals surface area contributed by atoms with Gasteiger partial charge in [-0.2, -0.15) is 0 Å². The molecule has 1 amide bonds. The van der Waals surface area contributed by atoms with Gasteiger partial charge in [0.2, 0.25) is 0 Å². The van der Waals surface area contributed by atoms with E-state index in [0.29, 0.717) is 18.7 Å². The van der Waals surface area contributed by atoms with Crippen molar-refractivity contribution in [2.45, 2.75) is 18.4 Å². The highest BCUT2D eigenvalue weighted by molar-refractivity contribution is 7.80. The SMILES string of the molecule is CCN(Cc1ccco1)C(=O)c1cccc(S)c1. The Kier molecular flexibility index (Phi) is 4.10. The molecule has 4 heteroatoms. The Morgan fingerprint density at radius 3 is 2.78 bits per heavy atom. The molecule has 1 aromatic carbocycles. The lowest BCUT2D eigenvalue weighted by molar-refractivity contribution is 0.0741. The normalized spacial score (nSPS) is 10.3. The quantitative estimate of drug-likeness (QED) is 0.857. The van der Waals surface area contributed by atoms with E-state index in [1.54, 1.807) is 23.3 Å². The number of hydrogen-bond donors (Lipinski definition) is 1. The van der Waals surface area contributed by atoms with Crippen molar-refractivity contribution in [2.24, 2.45) is 0 Å². The second kappa shape index (κ2) is 5.78. The second-order valence-corrected chi connectivity index (χ2v) is 4.47. The molecule has 0 N–H and O–H groups in total. The van der Waals surface area contributed by atoms with Crippen LogP contribution in [0.1, 0.15) is 23.0 Å². The molecule has 0 bridgehead atoms. The van der Waals surface area contributed by atoms with Gasteiger partial charge in [0.1, 0.15) is 5.76 Å². The summed E-state index contributed by atoms with van der Waals surface area (Å²) in [5.74, 6) is 0.775. The van der Waals surface area contributed by atoms with Crippen molar-refractivity contribution in [3.05, 3.63) is 54.0 Å². The molecule has 18 heavy (non-hydrogen) atoms. The van der Waals surface area contributed by atoms with Gasteiger partial charge in [0, 0.05) is 17.0 Å². The topological polar surface area (TPSA) is 33.5 Å². The van der Waals surface area contributed by atoms with E-state index in [2.05, 4.69) is 12.6 Å². The van der Waals surface area contributed by atoms with Gasteiger partial charge in [0.25, 0.3) is 5.91 Å². The summed E-state index contributed by atoms with van der Waals surface area (Å²) < 4.78 is 5.27. The van der Waals surface area contributed by atoms with Crippen molar-refractivity contribution >= 4 is 18.5 Å². The summed E-state index contributed by atoms with van der Waals surface area (Å²) in [6.45, 7) is 3.07. The van der Waals surface area contributed by atoms with Crippen LogP contribution in [0, 0.1) is 0 Å². The maximum Gasteiger partial charge on any atom is 0.254 e. The zero-order valence-corrected chi connectivity index (χ0v) is 11.1. The van der Waals surface area contributed by atoms with Crippen LogP contribution in [0.15, 0.2) is 52.0 Å². The number of carbonyl (C=O) groups is 1. The van der Waals surface area contributed by atoms with Crippen molar-refractivity contribution in [3.63, 3.8) is 0 Å². The predicted molar refractivity (Wildman–Crippen MR) is 72.8 cm³/mol. The minimum absolute atomic E-state index is 0.00944. The van der Waals surface area contributed by atoms with Gasteiger partial charge < -0.3 is 9.32 Å². The van der Waals surface area contributed by atoms with Crippen LogP contribution in [-0.2, 0) is 6.54 Å². The highest BCUT2D eigenvalue weighted by atomic mass is 32.1. The van der Waals surface area contributed by atoms with Crippen molar-refractivity contribution in [1.82, 2.24) is 4.90 Å². The van der Waals surface area contributed by atoms with E-state index in [4.69, 9.17) is 4.42 Å². The number of carbonyl (C=O) groups excluding carboxylic acids is 1. The molecule has 0 radical (unpaired) electrons. The van der Waals surface area contributed by atoms with Crippen LogP contribution < -0.4 is 0 Å². The Morgan fingerprint density at radius 1 is 1.33 bits per heavy atom. The Morgan fingerprint density at radius 2 is 2.17 bits per heavy atom. The van der Waals surface area contributed by atoms with Crippen molar-refractivity contribution in [1.29, 1.82) is 0 Å². The van der Waals surface area contributed by atoms with Crippen LogP contribution in [0.4, 0.5) is 0 Å². The molecule has 2 rings (SSSR count). The Bertz CT molecular complexity index is 522. The number of amides is 1. The van der Waals surface area contributed by atoms with Crippen LogP contribution in [0.3, 0.4) is 0 Å². The molecular weight excluding hydrogens is 246 g/mol. The van der Waals surface area contributed by atoms with Crippen molar-refractivity contribution in [2.75, 3.05) is 6.54 Å². The first kappa shape index (κ1) is 12.8. The lowest BCUT2D eigenvalue weighted by atomic mass is 10.2. The minimum atomic E-state index is -0.00944. The van der Waals surface area contributed by atoms with Gasteiger partial charge >= 0.3 is 0 Å². The largest absolute Gasteiger partial charge is 0.467 e. The Hall–Kier alpha value is -1.68. The minimum Gasteiger partial charge on any atom is -0.467 e. The molecule has 0 spiro atoms. The van der Waals surface area contributed by atoms with Gasteiger partial charge in [-0.25, -0.2) is 0 Å². The van der Waals surface area contributed by atoms with E-state index < -0.39 is 0 Å². The molecule has 0 aliphatic heterocycles. The van der Waals surface area contributed by atoms with Gasteiger partial charge in [0.15, 0.2) is 0 Å². The van der Waals surface area contributed by atoms with E-state index in [0.717, 1.165) is 10.7 Å². The molecular formula is C14H15NO2S. The number of furan rings is 1. The zero-order valence-electron chi connectivity index (χ0n) is 10.2. The predicted octanol–water partition coefficient (Wildman–Crippen LogP) is 3.23. The van der Waals surface area contributed by atoms with Crippen LogP contribution in [-0.4, -0.2) is 17.4 Å². The Balaban J connectivity index is 2.15. The van der Waals surface area contributed by atoms with E-state index in [-0.39, 0.29) is 5.91 Å². The molecule has 3 nitrogen and oxygen atoms in total. The van der Waals surface area contributed by atoms with E-state index in [9.17, 15) is 4.79 Å². The summed E-state index contributed by atoms with van der Waals surface area (Å²) in [4.78, 5) is 14.8. The molecule has 1 heterocycles. The number of thiol groups is 1. The molecule has 0 saturated heterocycles. The van der Waals surface area contributed by atoms with Crippen molar-refractivity contribution < 1.29 is 9.21 Å². The van der Waals surface area contributed by atoms with E-state index >= 15 is 0 Å². The highest BCUT2D eigenvalue weighted by Crippen LogP contribution is 2.13. The van der Waals surface area contributed by atoms with Gasteiger partial charge in [-0.05, 0) is 37.3 Å². The fraction of sp³-hybridized carbons (Fsp3) is 0.214. The number of hydrogen-bond acceptors (Lipinski definition) is 3. The second-order valence-electron chi connectivity index (χ2n) is 3.95. The number of benzene rings is 1. The van der Waals surface area contributed by atoms with Crippen LogP contribution in [0.25, 0.3) is 0 Å². The van der Waals surface area contributed by atoms with Gasteiger partial charge in [0.05, 0.1) is 12.8 Å². The van der Waals surface area contributed by atoms with Gasteiger partial charge in [-0.15, -0.1) is 12.6 Å². The lowest BCUT2D eigenvalue weighted by Crippen LogP contribution is -2.30. The summed E-state index contributed by atoms with van der Waals surface area (Å²) in [6, 6.07) is 10.9. The molecule has 1 aromatic heterocycles. The van der Waals surface area contributed by atoms with E-state index in [1.807, 2.05) is 31.2 Å². The number of nitrogens with zero attached hydrogens (tertiary/aromatic N) is 1. The summed E-state index contributed by atoms with van der Waals surface area (Å²) >= 11 is 4.25. The molecule has 94 valence electrons.